The maximum Gasteiger partial charge on any atom is 0.389 e. The van der Waals surface area contributed by atoms with Crippen molar-refractivity contribution in [2.24, 2.45) is 5.73 Å². The minimum atomic E-state index is -4.30. The fourth-order valence-electron chi connectivity index (χ4n) is 1.87. The molecule has 0 unspecified atom stereocenters. The molecule has 1 amide bonds. The van der Waals surface area contributed by atoms with Crippen LogP contribution in [0.15, 0.2) is 18.2 Å². The Kier molecular flexibility index (Phi) is 4.43. The number of halogens is 3. The summed E-state index contributed by atoms with van der Waals surface area (Å²) in [6.45, 7) is 1.75. The number of nitrogens with zero attached hydrogens (tertiary/aromatic N) is 4. The molecular formula is C13H14F3N5O. The summed E-state index contributed by atoms with van der Waals surface area (Å²) in [5.74, 6) is -0.142. The van der Waals surface area contributed by atoms with Crippen LogP contribution in [0.25, 0.3) is 5.82 Å². The molecule has 0 saturated carbocycles. The largest absolute Gasteiger partial charge is 0.389 e. The molecule has 118 valence electrons. The number of amides is 1. The van der Waals surface area contributed by atoms with Gasteiger partial charge in [0.2, 0.25) is 5.91 Å². The number of aromatic nitrogens is 4. The third kappa shape index (κ3) is 4.27. The number of aryl methyl sites for hydroxylation is 2. The summed E-state index contributed by atoms with van der Waals surface area (Å²) < 4.78 is 38.4. The lowest BCUT2D eigenvalue weighted by Gasteiger charge is -2.07. The number of carbonyl (C=O) groups is 1. The van der Waals surface area contributed by atoms with E-state index in [-0.39, 0.29) is 24.5 Å². The van der Waals surface area contributed by atoms with E-state index in [1.54, 1.807) is 25.1 Å². The summed E-state index contributed by atoms with van der Waals surface area (Å²) in [5.41, 5.74) is 5.75. The predicted molar refractivity (Wildman–Crippen MR) is 71.2 cm³/mol. The minimum absolute atomic E-state index is 0.0768. The molecule has 0 aromatic carbocycles. The van der Waals surface area contributed by atoms with Gasteiger partial charge >= 0.3 is 6.18 Å². The van der Waals surface area contributed by atoms with Gasteiger partial charge < -0.3 is 5.73 Å². The van der Waals surface area contributed by atoms with Gasteiger partial charge in [0.15, 0.2) is 11.6 Å². The molecule has 0 aliphatic heterocycles. The Morgan fingerprint density at radius 2 is 2.05 bits per heavy atom. The maximum absolute atomic E-state index is 12.4. The van der Waals surface area contributed by atoms with Crippen molar-refractivity contribution in [3.63, 3.8) is 0 Å². The highest BCUT2D eigenvalue weighted by Crippen LogP contribution is 2.22. The van der Waals surface area contributed by atoms with Crippen molar-refractivity contribution in [3.8, 4) is 5.82 Å². The Hall–Kier alpha value is -2.45. The fraction of sp³-hybridized carbons (Fsp3) is 0.385. The third-order valence-corrected chi connectivity index (χ3v) is 2.77. The molecule has 0 radical (unpaired) electrons. The molecule has 2 aromatic rings. The second-order valence-electron chi connectivity index (χ2n) is 4.75. The van der Waals surface area contributed by atoms with Gasteiger partial charge in [-0.1, -0.05) is 6.07 Å². The van der Waals surface area contributed by atoms with Crippen molar-refractivity contribution in [3.05, 3.63) is 35.5 Å². The summed E-state index contributed by atoms with van der Waals surface area (Å²) in [5, 5.41) is 4.04. The standard InChI is InChI=1S/C13H14F3N5O/c1-8-3-2-4-11(18-8)21-12(5-6-13(14,15)16)19-10(20-21)7-9(17)22/h2-4H,5-7H2,1H3,(H2,17,22). The van der Waals surface area contributed by atoms with Crippen molar-refractivity contribution in [2.45, 2.75) is 32.4 Å². The number of primary amides is 1. The third-order valence-electron chi connectivity index (χ3n) is 2.77. The number of alkyl halides is 3. The van der Waals surface area contributed by atoms with Gasteiger partial charge in [-0.15, -0.1) is 5.10 Å². The van der Waals surface area contributed by atoms with Crippen molar-refractivity contribution < 1.29 is 18.0 Å². The topological polar surface area (TPSA) is 86.7 Å². The molecule has 0 saturated heterocycles. The normalized spacial score (nSPS) is 11.6. The van der Waals surface area contributed by atoms with Gasteiger partial charge in [0.25, 0.3) is 0 Å². The van der Waals surface area contributed by atoms with Gasteiger partial charge in [-0.3, -0.25) is 4.79 Å². The number of nitrogens with two attached hydrogens (primary N) is 1. The van der Waals surface area contributed by atoms with Crippen LogP contribution < -0.4 is 5.73 Å². The monoisotopic (exact) mass is 313 g/mol. The van der Waals surface area contributed by atoms with Crippen molar-refractivity contribution in [1.82, 2.24) is 19.7 Å². The van der Waals surface area contributed by atoms with Crippen LogP contribution in [0.1, 0.15) is 23.8 Å². The van der Waals surface area contributed by atoms with Gasteiger partial charge in [-0.25, -0.2) is 9.97 Å². The molecule has 6 nitrogen and oxygen atoms in total. The van der Waals surface area contributed by atoms with E-state index < -0.39 is 18.5 Å². The molecule has 0 fully saturated rings. The molecular weight excluding hydrogens is 299 g/mol. The Bertz CT molecular complexity index is 681. The SMILES string of the molecule is Cc1cccc(-n2nc(CC(N)=O)nc2CCC(F)(F)F)n1. The van der Waals surface area contributed by atoms with E-state index >= 15 is 0 Å². The van der Waals surface area contributed by atoms with Gasteiger partial charge in [0.1, 0.15) is 5.82 Å². The second-order valence-corrected chi connectivity index (χ2v) is 4.75. The Morgan fingerprint density at radius 3 is 2.64 bits per heavy atom. The summed E-state index contributed by atoms with van der Waals surface area (Å²) >= 11 is 0. The molecule has 2 N–H and O–H groups in total. The second kappa shape index (κ2) is 6.12. The van der Waals surface area contributed by atoms with E-state index in [1.807, 2.05) is 0 Å². The summed E-state index contributed by atoms with van der Waals surface area (Å²) in [6, 6.07) is 5.06. The molecule has 0 bridgehead atoms. The number of carbonyl (C=O) groups excluding carboxylic acids is 1. The summed E-state index contributed by atoms with van der Waals surface area (Å²) in [4.78, 5) is 19.1. The van der Waals surface area contributed by atoms with Crippen LogP contribution in [-0.2, 0) is 17.6 Å². The summed E-state index contributed by atoms with van der Waals surface area (Å²) in [7, 11) is 0. The number of rotatable bonds is 5. The fourth-order valence-corrected chi connectivity index (χ4v) is 1.87. The molecule has 0 spiro atoms. The van der Waals surface area contributed by atoms with E-state index in [2.05, 4.69) is 15.1 Å². The molecule has 2 rings (SSSR count). The molecule has 22 heavy (non-hydrogen) atoms. The van der Waals surface area contributed by atoms with Crippen LogP contribution in [0, 0.1) is 6.92 Å². The number of hydrogen-bond acceptors (Lipinski definition) is 4. The zero-order valence-electron chi connectivity index (χ0n) is 11.8. The van der Waals surface area contributed by atoms with E-state index in [0.29, 0.717) is 11.5 Å². The smallest absolute Gasteiger partial charge is 0.369 e. The van der Waals surface area contributed by atoms with Crippen molar-refractivity contribution in [1.29, 1.82) is 0 Å². The zero-order chi connectivity index (χ0) is 16.3. The number of hydrogen-bond donors (Lipinski definition) is 1. The van der Waals surface area contributed by atoms with E-state index in [0.717, 1.165) is 0 Å². The molecule has 2 aromatic heterocycles. The van der Waals surface area contributed by atoms with E-state index in [9.17, 15) is 18.0 Å². The lowest BCUT2D eigenvalue weighted by molar-refractivity contribution is -0.134. The van der Waals surface area contributed by atoms with Crippen LogP contribution in [0.2, 0.25) is 0 Å². The zero-order valence-corrected chi connectivity index (χ0v) is 11.8. The van der Waals surface area contributed by atoms with Gasteiger partial charge in [-0.05, 0) is 19.1 Å². The molecule has 0 aliphatic rings. The first-order valence-corrected chi connectivity index (χ1v) is 6.48. The van der Waals surface area contributed by atoms with Crippen LogP contribution in [0.3, 0.4) is 0 Å². The van der Waals surface area contributed by atoms with Crippen molar-refractivity contribution in [2.75, 3.05) is 0 Å². The Labute approximate surface area is 124 Å². The molecule has 2 heterocycles. The first-order chi connectivity index (χ1) is 10.2. The van der Waals surface area contributed by atoms with Gasteiger partial charge in [0, 0.05) is 12.1 Å². The highest BCUT2D eigenvalue weighted by Gasteiger charge is 2.28. The Balaban J connectivity index is 2.36. The summed E-state index contributed by atoms with van der Waals surface area (Å²) in [6.07, 6.45) is -5.93. The lowest BCUT2D eigenvalue weighted by Crippen LogP contribution is -2.14. The van der Waals surface area contributed by atoms with Crippen LogP contribution in [0.4, 0.5) is 13.2 Å². The van der Waals surface area contributed by atoms with Gasteiger partial charge in [-0.2, -0.15) is 17.9 Å². The van der Waals surface area contributed by atoms with Crippen LogP contribution in [-0.4, -0.2) is 31.8 Å². The van der Waals surface area contributed by atoms with Crippen LogP contribution >= 0.6 is 0 Å². The van der Waals surface area contributed by atoms with E-state index in [1.165, 1.54) is 4.68 Å². The van der Waals surface area contributed by atoms with Crippen molar-refractivity contribution >= 4 is 5.91 Å². The quantitative estimate of drug-likeness (QED) is 0.906. The molecule has 0 atom stereocenters. The Morgan fingerprint density at radius 1 is 1.32 bits per heavy atom. The van der Waals surface area contributed by atoms with Gasteiger partial charge in [0.05, 0.1) is 12.8 Å². The first kappa shape index (κ1) is 15.9. The lowest BCUT2D eigenvalue weighted by atomic mass is 10.3. The molecule has 0 aliphatic carbocycles. The average Bonchev–Trinajstić information content (AvgIpc) is 2.77. The maximum atomic E-state index is 12.4. The highest BCUT2D eigenvalue weighted by molar-refractivity contribution is 5.75. The molecule has 9 heteroatoms. The number of pyridine rings is 1. The average molecular weight is 313 g/mol. The highest BCUT2D eigenvalue weighted by atomic mass is 19.4. The predicted octanol–water partition coefficient (Wildman–Crippen LogP) is 1.49. The minimum Gasteiger partial charge on any atom is -0.369 e. The van der Waals surface area contributed by atoms with Crippen LogP contribution in [0.5, 0.6) is 0 Å². The van der Waals surface area contributed by atoms with E-state index in [4.69, 9.17) is 5.73 Å². The first-order valence-electron chi connectivity index (χ1n) is 6.48.